The van der Waals surface area contributed by atoms with Crippen molar-refractivity contribution in [1.29, 1.82) is 0 Å². The van der Waals surface area contributed by atoms with Crippen molar-refractivity contribution in [2.45, 2.75) is 90.6 Å². The maximum absolute atomic E-state index is 13.1. The first-order chi connectivity index (χ1) is 10.7. The third-order valence-corrected chi connectivity index (χ3v) is 15.1. The van der Waals surface area contributed by atoms with E-state index in [-0.39, 0.29) is 16.4 Å². The summed E-state index contributed by atoms with van der Waals surface area (Å²) in [6, 6.07) is 0. The van der Waals surface area contributed by atoms with Gasteiger partial charge in [0.15, 0.2) is 8.32 Å². The van der Waals surface area contributed by atoms with Crippen molar-refractivity contribution in [2.24, 2.45) is 17.3 Å². The number of hydrogen-bond acceptors (Lipinski definition) is 3. The SMILES string of the molecule is CCO[Si](C)(C)C1CC2CC1CC2(C)C(=O)O[Si](C)(C)C(C)(C)C. The molecule has 2 fully saturated rings. The molecule has 2 aliphatic rings. The van der Waals surface area contributed by atoms with Gasteiger partial charge in [-0.15, -0.1) is 0 Å². The van der Waals surface area contributed by atoms with Gasteiger partial charge in [-0.1, -0.05) is 20.8 Å². The molecule has 4 atom stereocenters. The van der Waals surface area contributed by atoms with Crippen LogP contribution in [0.2, 0.25) is 36.8 Å². The average molecular weight is 371 g/mol. The minimum Gasteiger partial charge on any atom is -0.519 e. The Labute approximate surface area is 151 Å². The molecule has 0 aromatic heterocycles. The Kier molecular flexibility index (Phi) is 5.24. The van der Waals surface area contributed by atoms with E-state index in [1.807, 2.05) is 0 Å². The maximum Gasteiger partial charge on any atom is 0.298 e. The summed E-state index contributed by atoms with van der Waals surface area (Å²) >= 11 is 0. The number of carbonyl (C=O) groups is 1. The van der Waals surface area contributed by atoms with Crippen LogP contribution in [0.1, 0.15) is 53.9 Å². The molecule has 5 heteroatoms. The second-order valence-electron chi connectivity index (χ2n) is 10.3. The zero-order chi connectivity index (χ0) is 18.6. The molecule has 0 aliphatic heterocycles. The van der Waals surface area contributed by atoms with E-state index in [1.54, 1.807) is 0 Å². The molecule has 0 amide bonds. The zero-order valence-electron chi connectivity index (χ0n) is 17.3. The summed E-state index contributed by atoms with van der Waals surface area (Å²) in [6.07, 6.45) is 3.35. The lowest BCUT2D eigenvalue weighted by Crippen LogP contribution is -2.49. The van der Waals surface area contributed by atoms with E-state index in [9.17, 15) is 4.79 Å². The maximum atomic E-state index is 13.1. The van der Waals surface area contributed by atoms with E-state index in [1.165, 1.54) is 6.42 Å². The number of carbonyl (C=O) groups excluding carboxylic acids is 1. The van der Waals surface area contributed by atoms with Gasteiger partial charge in [0, 0.05) is 6.61 Å². The van der Waals surface area contributed by atoms with Gasteiger partial charge in [-0.05, 0) is 81.7 Å². The third-order valence-electron chi connectivity index (χ3n) is 7.31. The Hall–Kier alpha value is -0.136. The van der Waals surface area contributed by atoms with Crippen LogP contribution in [0.5, 0.6) is 0 Å². The second kappa shape index (κ2) is 6.24. The van der Waals surface area contributed by atoms with Gasteiger partial charge in [-0.25, -0.2) is 0 Å². The Bertz CT molecular complexity index is 495. The molecule has 2 rings (SSSR count). The minimum absolute atomic E-state index is 0.0725. The fourth-order valence-corrected chi connectivity index (χ4v) is 8.87. The highest BCUT2D eigenvalue weighted by Crippen LogP contribution is 2.63. The molecule has 0 aromatic carbocycles. The van der Waals surface area contributed by atoms with Crippen LogP contribution in [-0.4, -0.2) is 29.2 Å². The van der Waals surface area contributed by atoms with Gasteiger partial charge in [0.1, 0.15) is 0 Å². The molecule has 0 N–H and O–H groups in total. The standard InChI is InChI=1S/C19H38O3Si2/c1-10-21-23(6,7)16-12-15-11-14(16)13-19(15,5)17(20)22-24(8,9)18(2,3)4/h14-16H,10-13H2,1-9H3. The van der Waals surface area contributed by atoms with Gasteiger partial charge in [-0.2, -0.15) is 0 Å². The van der Waals surface area contributed by atoms with Gasteiger partial charge in [0.05, 0.1) is 5.41 Å². The first-order valence-electron chi connectivity index (χ1n) is 9.62. The second-order valence-corrected chi connectivity index (χ2v) is 19.3. The van der Waals surface area contributed by atoms with Gasteiger partial charge >= 0.3 is 0 Å². The van der Waals surface area contributed by atoms with E-state index in [0.717, 1.165) is 19.4 Å². The molecule has 2 bridgehead atoms. The summed E-state index contributed by atoms with van der Waals surface area (Å²) in [5.41, 5.74) is 0.434. The molecule has 24 heavy (non-hydrogen) atoms. The van der Waals surface area contributed by atoms with E-state index >= 15 is 0 Å². The van der Waals surface area contributed by atoms with Crippen LogP contribution in [-0.2, 0) is 13.6 Å². The highest BCUT2D eigenvalue weighted by molar-refractivity contribution is 6.75. The average Bonchev–Trinajstić information content (AvgIpc) is 2.94. The molecule has 0 radical (unpaired) electrons. The lowest BCUT2D eigenvalue weighted by molar-refractivity contribution is -0.149. The van der Waals surface area contributed by atoms with Gasteiger partial charge in [0.25, 0.3) is 14.3 Å². The molecule has 4 unspecified atom stereocenters. The molecule has 0 saturated heterocycles. The first-order valence-corrected chi connectivity index (χ1v) is 15.5. The van der Waals surface area contributed by atoms with Crippen LogP contribution in [0.25, 0.3) is 0 Å². The fraction of sp³-hybridized carbons (Fsp3) is 0.947. The Morgan fingerprint density at radius 2 is 1.75 bits per heavy atom. The van der Waals surface area contributed by atoms with Gasteiger partial charge in [-0.3, -0.25) is 4.79 Å². The van der Waals surface area contributed by atoms with E-state index in [0.29, 0.717) is 17.4 Å². The van der Waals surface area contributed by atoms with Crippen molar-refractivity contribution in [1.82, 2.24) is 0 Å². The predicted molar refractivity (Wildman–Crippen MR) is 105 cm³/mol. The van der Waals surface area contributed by atoms with Crippen LogP contribution in [0.4, 0.5) is 0 Å². The van der Waals surface area contributed by atoms with Gasteiger partial charge in [0.2, 0.25) is 0 Å². The normalized spacial score (nSPS) is 33.8. The first kappa shape index (κ1) is 20.2. The quantitative estimate of drug-likeness (QED) is 0.592. The third kappa shape index (κ3) is 3.41. The summed E-state index contributed by atoms with van der Waals surface area (Å²) in [5.74, 6) is 1.22. The van der Waals surface area contributed by atoms with Crippen LogP contribution >= 0.6 is 0 Å². The smallest absolute Gasteiger partial charge is 0.298 e. The minimum atomic E-state index is -2.04. The Morgan fingerprint density at radius 3 is 2.17 bits per heavy atom. The molecule has 0 spiro atoms. The molecule has 0 aromatic rings. The van der Waals surface area contributed by atoms with Crippen LogP contribution in [0, 0.1) is 17.3 Å². The van der Waals surface area contributed by atoms with Crippen molar-refractivity contribution in [3.63, 3.8) is 0 Å². The molecule has 2 saturated carbocycles. The Morgan fingerprint density at radius 1 is 1.17 bits per heavy atom. The molecule has 3 nitrogen and oxygen atoms in total. The zero-order valence-corrected chi connectivity index (χ0v) is 19.3. The molecule has 140 valence electrons. The lowest BCUT2D eigenvalue weighted by Gasteiger charge is -2.43. The topological polar surface area (TPSA) is 35.5 Å². The Balaban J connectivity index is 2.09. The predicted octanol–water partition coefficient (Wildman–Crippen LogP) is 5.58. The van der Waals surface area contributed by atoms with Gasteiger partial charge < -0.3 is 8.85 Å². The fourth-order valence-electron chi connectivity index (χ4n) is 4.66. The largest absolute Gasteiger partial charge is 0.519 e. The summed E-state index contributed by atoms with van der Waals surface area (Å²) < 4.78 is 12.3. The lowest BCUT2D eigenvalue weighted by atomic mass is 9.75. The van der Waals surface area contributed by atoms with Crippen LogP contribution in [0.15, 0.2) is 0 Å². The van der Waals surface area contributed by atoms with Crippen LogP contribution < -0.4 is 0 Å². The molecular formula is C19H38O3Si2. The highest BCUT2D eigenvalue weighted by Gasteiger charge is 2.61. The monoisotopic (exact) mass is 370 g/mol. The van der Waals surface area contributed by atoms with Crippen molar-refractivity contribution >= 4 is 22.6 Å². The number of fused-ring (bicyclic) bond motifs is 2. The van der Waals surface area contributed by atoms with Crippen molar-refractivity contribution < 1.29 is 13.6 Å². The van der Waals surface area contributed by atoms with E-state index in [4.69, 9.17) is 8.85 Å². The highest BCUT2D eigenvalue weighted by atomic mass is 28.4. The van der Waals surface area contributed by atoms with Crippen LogP contribution in [0.3, 0.4) is 0 Å². The van der Waals surface area contributed by atoms with Crippen molar-refractivity contribution in [3.8, 4) is 0 Å². The number of hydrogen-bond donors (Lipinski definition) is 0. The van der Waals surface area contributed by atoms with E-state index in [2.05, 4.69) is 60.8 Å². The molecule has 2 aliphatic carbocycles. The summed E-state index contributed by atoms with van der Waals surface area (Å²) in [6.45, 7) is 20.7. The summed E-state index contributed by atoms with van der Waals surface area (Å²) in [7, 11) is -3.68. The number of rotatable bonds is 5. The van der Waals surface area contributed by atoms with E-state index < -0.39 is 16.6 Å². The van der Waals surface area contributed by atoms with Crippen molar-refractivity contribution in [3.05, 3.63) is 0 Å². The summed E-state index contributed by atoms with van der Waals surface area (Å²) in [5, 5.41) is 0.0725. The summed E-state index contributed by atoms with van der Waals surface area (Å²) in [4.78, 5) is 13.1. The van der Waals surface area contributed by atoms with Crippen molar-refractivity contribution in [2.75, 3.05) is 6.61 Å². The molecular weight excluding hydrogens is 332 g/mol. The molecule has 0 heterocycles.